The van der Waals surface area contributed by atoms with E-state index in [1.807, 2.05) is 22.9 Å². The fourth-order valence-corrected chi connectivity index (χ4v) is 4.21. The average Bonchev–Trinajstić information content (AvgIpc) is 3.08. The Morgan fingerprint density at radius 3 is 2.89 bits per heavy atom. The van der Waals surface area contributed by atoms with Gasteiger partial charge in [-0.1, -0.05) is 18.7 Å². The molecule has 2 aromatic rings. The number of methoxy groups -OCH3 is 2. The standard InChI is InChI=1S/C19H22N4O3S/c1-4-27-19-21-18-20-13-6-5-7-14(24)16(13)17(23(18)22-19)12-9-8-11(25-2)10-15(12)26-3/h8-10,17H,4-7H2,1-3H3,(H,20,21,22)/t17-/m1/s1. The summed E-state index contributed by atoms with van der Waals surface area (Å²) in [7, 11) is 3.24. The second-order valence-electron chi connectivity index (χ2n) is 6.40. The zero-order valence-corrected chi connectivity index (χ0v) is 16.4. The fourth-order valence-electron chi connectivity index (χ4n) is 3.66. The molecule has 2 heterocycles. The summed E-state index contributed by atoms with van der Waals surface area (Å²) in [4.78, 5) is 17.5. The van der Waals surface area contributed by atoms with Crippen LogP contribution >= 0.6 is 11.8 Å². The fraction of sp³-hybridized carbons (Fsp3) is 0.421. The number of hydrogen-bond donors (Lipinski definition) is 1. The van der Waals surface area contributed by atoms with Crippen molar-refractivity contribution in [2.75, 3.05) is 25.3 Å². The maximum absolute atomic E-state index is 12.8. The minimum atomic E-state index is -0.358. The molecule has 2 aliphatic rings. The Kier molecular flexibility index (Phi) is 4.82. The molecule has 0 spiro atoms. The van der Waals surface area contributed by atoms with E-state index in [-0.39, 0.29) is 11.8 Å². The van der Waals surface area contributed by atoms with Crippen LogP contribution in [-0.2, 0) is 4.79 Å². The Morgan fingerprint density at radius 2 is 2.15 bits per heavy atom. The van der Waals surface area contributed by atoms with Gasteiger partial charge in [0.2, 0.25) is 11.1 Å². The van der Waals surface area contributed by atoms with Gasteiger partial charge in [-0.25, -0.2) is 4.68 Å². The molecule has 0 saturated carbocycles. The van der Waals surface area contributed by atoms with Gasteiger partial charge in [0, 0.05) is 29.3 Å². The van der Waals surface area contributed by atoms with Crippen LogP contribution < -0.4 is 14.8 Å². The number of fused-ring (bicyclic) bond motifs is 1. The first-order valence-corrected chi connectivity index (χ1v) is 9.99. The first kappa shape index (κ1) is 17.9. The summed E-state index contributed by atoms with van der Waals surface area (Å²) in [6, 6.07) is 5.30. The van der Waals surface area contributed by atoms with Gasteiger partial charge in [0.1, 0.15) is 17.5 Å². The molecule has 0 fully saturated rings. The normalized spacial score (nSPS) is 18.6. The third-order valence-corrected chi connectivity index (χ3v) is 5.58. The van der Waals surface area contributed by atoms with E-state index in [2.05, 4.69) is 22.3 Å². The molecule has 4 rings (SSSR count). The molecule has 0 saturated heterocycles. The lowest BCUT2D eigenvalue weighted by molar-refractivity contribution is -0.116. The second kappa shape index (κ2) is 7.26. The molecule has 1 aromatic carbocycles. The molecule has 0 radical (unpaired) electrons. The highest BCUT2D eigenvalue weighted by atomic mass is 32.2. The zero-order valence-electron chi connectivity index (χ0n) is 15.6. The second-order valence-corrected chi connectivity index (χ2v) is 7.63. The monoisotopic (exact) mass is 386 g/mol. The molecule has 0 amide bonds. The van der Waals surface area contributed by atoms with Crippen molar-refractivity contribution >= 4 is 23.5 Å². The molecule has 1 aliphatic heterocycles. The van der Waals surface area contributed by atoms with Crippen LogP contribution in [-0.4, -0.2) is 40.5 Å². The number of carbonyl (C=O) groups excluding carboxylic acids is 1. The van der Waals surface area contributed by atoms with E-state index in [1.54, 1.807) is 26.0 Å². The summed E-state index contributed by atoms with van der Waals surface area (Å²) >= 11 is 1.58. The van der Waals surface area contributed by atoms with Crippen LogP contribution in [0.25, 0.3) is 0 Å². The van der Waals surface area contributed by atoms with Crippen LogP contribution in [0.2, 0.25) is 0 Å². The van der Waals surface area contributed by atoms with Gasteiger partial charge in [0.05, 0.1) is 14.2 Å². The van der Waals surface area contributed by atoms with E-state index >= 15 is 0 Å². The van der Waals surface area contributed by atoms with E-state index in [4.69, 9.17) is 9.47 Å². The van der Waals surface area contributed by atoms with Crippen molar-refractivity contribution in [1.82, 2.24) is 14.8 Å². The van der Waals surface area contributed by atoms with Crippen molar-refractivity contribution in [3.8, 4) is 11.5 Å². The molecule has 0 bridgehead atoms. The SMILES string of the molecule is CCSc1nc2n(n1)[C@H](c1ccc(OC)cc1OC)C1=C(CCCC1=O)N2. The van der Waals surface area contributed by atoms with E-state index in [0.29, 0.717) is 29.0 Å². The number of nitrogens with one attached hydrogen (secondary N) is 1. The zero-order chi connectivity index (χ0) is 19.0. The maximum Gasteiger partial charge on any atom is 0.227 e. The van der Waals surface area contributed by atoms with E-state index in [0.717, 1.165) is 35.4 Å². The minimum Gasteiger partial charge on any atom is -0.497 e. The lowest BCUT2D eigenvalue weighted by atomic mass is 9.85. The number of anilines is 1. The first-order chi connectivity index (χ1) is 13.2. The number of aromatic nitrogens is 3. The maximum atomic E-state index is 12.8. The number of ether oxygens (including phenoxy) is 2. The topological polar surface area (TPSA) is 78.3 Å². The van der Waals surface area contributed by atoms with Crippen molar-refractivity contribution in [3.63, 3.8) is 0 Å². The molecule has 1 aliphatic carbocycles. The summed E-state index contributed by atoms with van der Waals surface area (Å²) < 4.78 is 12.8. The largest absolute Gasteiger partial charge is 0.497 e. The van der Waals surface area contributed by atoms with Crippen LogP contribution in [0, 0.1) is 0 Å². The van der Waals surface area contributed by atoms with Gasteiger partial charge in [-0.05, 0) is 30.7 Å². The number of carbonyl (C=O) groups is 1. The van der Waals surface area contributed by atoms with Crippen molar-refractivity contribution in [2.45, 2.75) is 37.4 Å². The number of ketones is 1. The Bertz CT molecular complexity index is 922. The van der Waals surface area contributed by atoms with Crippen molar-refractivity contribution in [3.05, 3.63) is 35.0 Å². The van der Waals surface area contributed by atoms with Crippen molar-refractivity contribution in [2.24, 2.45) is 0 Å². The molecule has 1 aromatic heterocycles. The van der Waals surface area contributed by atoms with Crippen LogP contribution in [0.15, 0.2) is 34.6 Å². The number of rotatable bonds is 5. The van der Waals surface area contributed by atoms with Gasteiger partial charge in [-0.3, -0.25) is 4.79 Å². The molecule has 1 N–H and O–H groups in total. The first-order valence-electron chi connectivity index (χ1n) is 9.00. The lowest BCUT2D eigenvalue weighted by Gasteiger charge is -2.32. The van der Waals surface area contributed by atoms with E-state index in [1.165, 1.54) is 0 Å². The molecule has 27 heavy (non-hydrogen) atoms. The quantitative estimate of drug-likeness (QED) is 0.789. The molecular weight excluding hydrogens is 364 g/mol. The van der Waals surface area contributed by atoms with Gasteiger partial charge in [-0.2, -0.15) is 4.98 Å². The van der Waals surface area contributed by atoms with Gasteiger partial charge in [0.15, 0.2) is 5.78 Å². The Morgan fingerprint density at radius 1 is 1.30 bits per heavy atom. The minimum absolute atomic E-state index is 0.150. The number of hydrogen-bond acceptors (Lipinski definition) is 7. The highest BCUT2D eigenvalue weighted by Gasteiger charge is 2.38. The third kappa shape index (κ3) is 3.07. The summed E-state index contributed by atoms with van der Waals surface area (Å²) in [5, 5.41) is 8.71. The molecule has 7 nitrogen and oxygen atoms in total. The summed E-state index contributed by atoms with van der Waals surface area (Å²) in [6.45, 7) is 2.06. The predicted octanol–water partition coefficient (Wildman–Crippen LogP) is 3.43. The third-order valence-electron chi connectivity index (χ3n) is 4.86. The lowest BCUT2D eigenvalue weighted by Crippen LogP contribution is -2.31. The van der Waals surface area contributed by atoms with E-state index in [9.17, 15) is 4.79 Å². The number of nitrogens with zero attached hydrogens (tertiary/aromatic N) is 3. The van der Waals surface area contributed by atoms with E-state index < -0.39 is 0 Å². The molecule has 1 atom stereocenters. The number of benzene rings is 1. The highest BCUT2D eigenvalue weighted by Crippen LogP contribution is 2.43. The Balaban J connectivity index is 1.90. The number of Topliss-reactive ketones (excluding diaryl/α,β-unsaturated/α-hetero) is 1. The Hall–Kier alpha value is -2.48. The van der Waals surface area contributed by atoms with Gasteiger partial charge >= 0.3 is 0 Å². The van der Waals surface area contributed by atoms with Gasteiger partial charge in [0.25, 0.3) is 0 Å². The number of thioether (sulfide) groups is 1. The van der Waals surface area contributed by atoms with Crippen LogP contribution in [0.4, 0.5) is 5.95 Å². The summed E-state index contributed by atoms with van der Waals surface area (Å²) in [6.07, 6.45) is 2.23. The summed E-state index contributed by atoms with van der Waals surface area (Å²) in [5.74, 6) is 3.07. The summed E-state index contributed by atoms with van der Waals surface area (Å²) in [5.41, 5.74) is 2.58. The van der Waals surface area contributed by atoms with Crippen molar-refractivity contribution < 1.29 is 14.3 Å². The van der Waals surface area contributed by atoms with Crippen molar-refractivity contribution in [1.29, 1.82) is 0 Å². The van der Waals surface area contributed by atoms with Gasteiger partial charge < -0.3 is 14.8 Å². The van der Waals surface area contributed by atoms with Crippen LogP contribution in [0.5, 0.6) is 11.5 Å². The Labute approximate surface area is 162 Å². The number of allylic oxidation sites excluding steroid dienone is 2. The molecule has 8 heteroatoms. The van der Waals surface area contributed by atoms with Gasteiger partial charge in [-0.15, -0.1) is 5.10 Å². The molecular formula is C19H22N4O3S. The highest BCUT2D eigenvalue weighted by molar-refractivity contribution is 7.99. The average molecular weight is 386 g/mol. The molecule has 142 valence electrons. The van der Waals surface area contributed by atoms with Crippen LogP contribution in [0.1, 0.15) is 37.8 Å². The predicted molar refractivity (Wildman–Crippen MR) is 104 cm³/mol. The molecule has 0 unspecified atom stereocenters. The smallest absolute Gasteiger partial charge is 0.227 e. The van der Waals surface area contributed by atoms with Crippen LogP contribution in [0.3, 0.4) is 0 Å².